The van der Waals surface area contributed by atoms with Gasteiger partial charge in [-0.1, -0.05) is 23.2 Å². The van der Waals surface area contributed by atoms with Gasteiger partial charge in [-0.15, -0.1) is 0 Å². The number of nitrogens with zero attached hydrogens (tertiary/aromatic N) is 1. The summed E-state index contributed by atoms with van der Waals surface area (Å²) in [5, 5.41) is 15.6. The van der Waals surface area contributed by atoms with Crippen molar-refractivity contribution in [3.05, 3.63) is 58.6 Å². The first kappa shape index (κ1) is 21.5. The van der Waals surface area contributed by atoms with E-state index in [1.54, 1.807) is 43.3 Å². The molecule has 3 N–H and O–H groups in total. The molecular formula is C21H20ClN3O5S. The number of rotatable bonds is 5. The van der Waals surface area contributed by atoms with Crippen molar-refractivity contribution in [1.82, 2.24) is 10.3 Å². The summed E-state index contributed by atoms with van der Waals surface area (Å²) in [5.41, 5.74) is 1.98. The van der Waals surface area contributed by atoms with E-state index in [2.05, 4.69) is 15.6 Å². The summed E-state index contributed by atoms with van der Waals surface area (Å²) in [6, 6.07) is 11.2. The minimum atomic E-state index is -3.85. The minimum Gasteiger partial charge on any atom is -0.478 e. The lowest BCUT2D eigenvalue weighted by Crippen LogP contribution is -2.46. The van der Waals surface area contributed by atoms with Crippen LogP contribution in [-0.4, -0.2) is 49.6 Å². The summed E-state index contributed by atoms with van der Waals surface area (Å²) in [7, 11) is -3.85. The van der Waals surface area contributed by atoms with E-state index in [4.69, 9.17) is 16.3 Å². The molecule has 0 radical (unpaired) electrons. The number of nitrogens with one attached hydrogen (secondary N) is 2. The fraction of sp³-hybridized carbons (Fsp3) is 0.238. The molecule has 1 aliphatic rings. The van der Waals surface area contributed by atoms with Gasteiger partial charge in [0.2, 0.25) is 9.84 Å². The Morgan fingerprint density at radius 2 is 2.03 bits per heavy atom. The van der Waals surface area contributed by atoms with Crippen molar-refractivity contribution in [3.63, 3.8) is 0 Å². The first-order valence-electron chi connectivity index (χ1n) is 9.52. The number of morpholine rings is 1. The normalized spacial score (nSPS) is 16.9. The van der Waals surface area contributed by atoms with Crippen LogP contribution in [0.1, 0.15) is 15.9 Å². The Morgan fingerprint density at radius 1 is 1.23 bits per heavy atom. The van der Waals surface area contributed by atoms with Crippen molar-refractivity contribution in [2.75, 3.05) is 25.1 Å². The van der Waals surface area contributed by atoms with E-state index in [1.165, 1.54) is 6.07 Å². The molecule has 2 heterocycles. The number of halogens is 1. The minimum absolute atomic E-state index is 0.0204. The fourth-order valence-electron chi connectivity index (χ4n) is 3.40. The number of carboxylic acid groups (broad SMARTS) is 1. The molecule has 4 rings (SSSR count). The summed E-state index contributed by atoms with van der Waals surface area (Å²) in [5.74, 6) is -1.10. The van der Waals surface area contributed by atoms with Gasteiger partial charge in [0, 0.05) is 17.0 Å². The molecule has 1 unspecified atom stereocenters. The standard InChI is InChI=1S/C21H20ClN3O5S/c1-12-2-4-17(15(8-12)21(26)27)24-18-10-19(25-16-5-3-13(22)9-14(16)18)31(28,29)20-11-30-7-6-23-20/h2-5,8-10,20,23H,6-7,11H2,1H3,(H,24,25)(H,26,27). The number of pyridine rings is 1. The molecule has 1 aliphatic heterocycles. The highest BCUT2D eigenvalue weighted by Crippen LogP contribution is 2.32. The number of hydrogen-bond donors (Lipinski definition) is 3. The van der Waals surface area contributed by atoms with Crippen LogP contribution in [0.3, 0.4) is 0 Å². The molecule has 0 aliphatic carbocycles. The molecule has 8 nitrogen and oxygen atoms in total. The van der Waals surface area contributed by atoms with Gasteiger partial charge in [0.25, 0.3) is 0 Å². The van der Waals surface area contributed by atoms with Crippen LogP contribution in [-0.2, 0) is 14.6 Å². The van der Waals surface area contributed by atoms with Crippen molar-refractivity contribution < 1.29 is 23.1 Å². The summed E-state index contributed by atoms with van der Waals surface area (Å²) in [6.45, 7) is 2.67. The second-order valence-electron chi connectivity index (χ2n) is 7.21. The predicted molar refractivity (Wildman–Crippen MR) is 118 cm³/mol. The number of sulfone groups is 1. The van der Waals surface area contributed by atoms with Crippen LogP contribution in [0.25, 0.3) is 10.9 Å². The smallest absolute Gasteiger partial charge is 0.337 e. The maximum absolute atomic E-state index is 13.2. The molecule has 1 aromatic heterocycles. The first-order valence-corrected chi connectivity index (χ1v) is 11.4. The molecular weight excluding hydrogens is 442 g/mol. The summed E-state index contributed by atoms with van der Waals surface area (Å²) in [4.78, 5) is 16.1. The van der Waals surface area contributed by atoms with Crippen LogP contribution in [0.5, 0.6) is 0 Å². The lowest BCUT2D eigenvalue weighted by molar-refractivity contribution is 0.0698. The van der Waals surface area contributed by atoms with Crippen molar-refractivity contribution >= 4 is 49.7 Å². The molecule has 3 aromatic rings. The molecule has 1 saturated heterocycles. The third kappa shape index (κ3) is 4.35. The van der Waals surface area contributed by atoms with Gasteiger partial charge in [-0.05, 0) is 43.3 Å². The highest BCUT2D eigenvalue weighted by Gasteiger charge is 2.31. The Hall–Kier alpha value is -2.72. The molecule has 1 fully saturated rings. The van der Waals surface area contributed by atoms with Crippen LogP contribution in [0.2, 0.25) is 5.02 Å². The van der Waals surface area contributed by atoms with Crippen LogP contribution >= 0.6 is 11.6 Å². The quantitative estimate of drug-likeness (QED) is 0.529. The SMILES string of the molecule is Cc1ccc(Nc2cc(S(=O)(=O)C3COCCN3)nc3ccc(Cl)cc23)c(C(=O)O)c1. The number of aromatic carboxylic acids is 1. The van der Waals surface area contributed by atoms with Gasteiger partial charge in [0.1, 0.15) is 5.37 Å². The van der Waals surface area contributed by atoms with Gasteiger partial charge in [-0.25, -0.2) is 18.2 Å². The zero-order valence-corrected chi connectivity index (χ0v) is 18.1. The number of ether oxygens (including phenoxy) is 1. The predicted octanol–water partition coefficient (Wildman–Crippen LogP) is 3.36. The molecule has 0 saturated carbocycles. The van der Waals surface area contributed by atoms with Gasteiger partial charge >= 0.3 is 5.97 Å². The largest absolute Gasteiger partial charge is 0.478 e. The lowest BCUT2D eigenvalue weighted by atomic mass is 10.1. The Morgan fingerprint density at radius 3 is 2.74 bits per heavy atom. The molecule has 1 atom stereocenters. The third-order valence-electron chi connectivity index (χ3n) is 4.98. The van der Waals surface area contributed by atoms with E-state index in [1.807, 2.05) is 0 Å². The van der Waals surface area contributed by atoms with E-state index in [9.17, 15) is 18.3 Å². The Labute approximate surface area is 184 Å². The Balaban J connectivity index is 1.86. The van der Waals surface area contributed by atoms with Crippen LogP contribution in [0.15, 0.2) is 47.5 Å². The number of aryl methyl sites for hydroxylation is 1. The molecule has 162 valence electrons. The molecule has 10 heteroatoms. The Kier molecular flexibility index (Phi) is 5.85. The number of fused-ring (bicyclic) bond motifs is 1. The number of hydrogen-bond acceptors (Lipinski definition) is 7. The maximum Gasteiger partial charge on any atom is 0.337 e. The number of benzene rings is 2. The monoisotopic (exact) mass is 461 g/mol. The van der Waals surface area contributed by atoms with E-state index in [-0.39, 0.29) is 17.2 Å². The molecule has 31 heavy (non-hydrogen) atoms. The van der Waals surface area contributed by atoms with Crippen LogP contribution in [0, 0.1) is 6.92 Å². The Bertz CT molecular complexity index is 1270. The zero-order valence-electron chi connectivity index (χ0n) is 16.6. The number of aromatic nitrogens is 1. The summed E-state index contributed by atoms with van der Waals surface area (Å²) in [6.07, 6.45) is 0. The van der Waals surface area contributed by atoms with E-state index in [0.717, 1.165) is 5.56 Å². The van der Waals surface area contributed by atoms with Gasteiger partial charge < -0.3 is 15.2 Å². The van der Waals surface area contributed by atoms with Gasteiger partial charge in [-0.2, -0.15) is 0 Å². The van der Waals surface area contributed by atoms with E-state index < -0.39 is 21.2 Å². The zero-order chi connectivity index (χ0) is 22.2. The number of carboxylic acids is 1. The second kappa shape index (κ2) is 8.43. The number of anilines is 2. The van der Waals surface area contributed by atoms with E-state index >= 15 is 0 Å². The van der Waals surface area contributed by atoms with E-state index in [0.29, 0.717) is 40.5 Å². The topological polar surface area (TPSA) is 118 Å². The number of carbonyl (C=O) groups is 1. The van der Waals surface area contributed by atoms with Crippen molar-refractivity contribution in [3.8, 4) is 0 Å². The summed E-state index contributed by atoms with van der Waals surface area (Å²) < 4.78 is 31.6. The van der Waals surface area contributed by atoms with Crippen LogP contribution in [0.4, 0.5) is 11.4 Å². The average molecular weight is 462 g/mol. The van der Waals surface area contributed by atoms with Gasteiger partial charge in [-0.3, -0.25) is 5.32 Å². The fourth-order valence-corrected chi connectivity index (χ4v) is 4.98. The molecule has 0 bridgehead atoms. The molecule has 0 amide bonds. The third-order valence-corrected chi connectivity index (χ3v) is 7.05. The van der Waals surface area contributed by atoms with Crippen molar-refractivity contribution in [1.29, 1.82) is 0 Å². The van der Waals surface area contributed by atoms with Gasteiger partial charge in [0.05, 0.1) is 35.7 Å². The highest BCUT2D eigenvalue weighted by molar-refractivity contribution is 7.92. The first-order chi connectivity index (χ1) is 14.8. The lowest BCUT2D eigenvalue weighted by Gasteiger charge is -2.24. The second-order valence-corrected chi connectivity index (χ2v) is 9.73. The average Bonchev–Trinajstić information content (AvgIpc) is 2.75. The van der Waals surface area contributed by atoms with Crippen molar-refractivity contribution in [2.45, 2.75) is 17.3 Å². The molecule has 0 spiro atoms. The maximum atomic E-state index is 13.2. The molecule has 2 aromatic carbocycles. The van der Waals surface area contributed by atoms with Crippen LogP contribution < -0.4 is 10.6 Å². The van der Waals surface area contributed by atoms with Crippen molar-refractivity contribution in [2.24, 2.45) is 0 Å². The highest BCUT2D eigenvalue weighted by atomic mass is 35.5. The van der Waals surface area contributed by atoms with Gasteiger partial charge in [0.15, 0.2) is 5.03 Å². The summed E-state index contributed by atoms with van der Waals surface area (Å²) >= 11 is 6.15.